The van der Waals surface area contributed by atoms with E-state index in [1.165, 1.54) is 24.5 Å². The Balaban J connectivity index is 0.000000493. The molecule has 1 aliphatic carbocycles. The van der Waals surface area contributed by atoms with Crippen LogP contribution in [0.15, 0.2) is 186 Å². The third-order valence-corrected chi connectivity index (χ3v) is 10.5. The van der Waals surface area contributed by atoms with Crippen LogP contribution in [-0.4, -0.2) is 28.1 Å². The van der Waals surface area contributed by atoms with E-state index in [4.69, 9.17) is 22.6 Å². The molecule has 68 heavy (non-hydrogen) atoms. The molecular formula is C61H76N4O2S. The third-order valence-electron chi connectivity index (χ3n) is 10.5. The highest BCUT2D eigenvalue weighted by Crippen LogP contribution is 2.39. The fourth-order valence-electron chi connectivity index (χ4n) is 7.46. The summed E-state index contributed by atoms with van der Waals surface area (Å²) >= 11 is 4.31. The Labute approximate surface area is 413 Å². The Morgan fingerprint density at radius 3 is 1.60 bits per heavy atom. The van der Waals surface area contributed by atoms with Gasteiger partial charge in [0.1, 0.15) is 5.76 Å². The molecule has 7 heteroatoms. The van der Waals surface area contributed by atoms with E-state index in [0.717, 1.165) is 92.0 Å². The van der Waals surface area contributed by atoms with Crippen LogP contribution in [-0.2, 0) is 17.6 Å². The Hall–Kier alpha value is -6.67. The number of nitrogens with one attached hydrogen (secondary N) is 1. The van der Waals surface area contributed by atoms with Crippen molar-refractivity contribution in [1.82, 2.24) is 0 Å². The van der Waals surface area contributed by atoms with Crippen LogP contribution in [0.1, 0.15) is 109 Å². The average molecular weight is 929 g/mol. The summed E-state index contributed by atoms with van der Waals surface area (Å²) in [6.45, 7) is 20.1. The number of nitrogens with two attached hydrogens (primary N) is 3. The van der Waals surface area contributed by atoms with Crippen molar-refractivity contribution >= 4 is 61.5 Å². The molecule has 0 amide bonds. The number of allylic oxidation sites excluding steroid dienone is 10. The van der Waals surface area contributed by atoms with Gasteiger partial charge in [-0.2, -0.15) is 0 Å². The normalized spacial score (nSPS) is 12.8. The molecule has 0 saturated heterocycles. The van der Waals surface area contributed by atoms with Gasteiger partial charge in [0, 0.05) is 16.6 Å². The monoisotopic (exact) mass is 929 g/mol. The van der Waals surface area contributed by atoms with Crippen molar-refractivity contribution in [2.45, 2.75) is 101 Å². The minimum absolute atomic E-state index is 0.00140. The maximum Gasteiger partial charge on any atom is 0.163 e. The van der Waals surface area contributed by atoms with E-state index in [2.05, 4.69) is 151 Å². The van der Waals surface area contributed by atoms with Crippen molar-refractivity contribution < 1.29 is 9.90 Å². The first kappa shape index (κ1) is 57.5. The second-order valence-corrected chi connectivity index (χ2v) is 17.0. The predicted octanol–water partition coefficient (Wildman–Crippen LogP) is 15.5. The number of benzene rings is 6. The van der Waals surface area contributed by atoms with Crippen molar-refractivity contribution in [2.24, 2.45) is 11.5 Å². The van der Waals surface area contributed by atoms with E-state index < -0.39 is 0 Å². The first-order valence-corrected chi connectivity index (χ1v) is 24.1. The molecule has 0 saturated carbocycles. The van der Waals surface area contributed by atoms with E-state index in [1.54, 1.807) is 13.8 Å². The summed E-state index contributed by atoms with van der Waals surface area (Å²) in [6.07, 6.45) is 12.8. The summed E-state index contributed by atoms with van der Waals surface area (Å²) in [5, 5.41) is 23.8. The molecule has 6 nitrogen and oxygen atoms in total. The van der Waals surface area contributed by atoms with Gasteiger partial charge in [-0.25, -0.2) is 0 Å². The number of carbonyl (C=O) groups is 1. The number of rotatable bonds is 9. The highest BCUT2D eigenvalue weighted by atomic mass is 32.1. The number of anilines is 1. The number of nitrogen functional groups attached to an aromatic ring is 1. The molecule has 0 heterocycles. The van der Waals surface area contributed by atoms with Crippen molar-refractivity contribution in [2.75, 3.05) is 12.3 Å². The van der Waals surface area contributed by atoms with Gasteiger partial charge in [0.2, 0.25) is 0 Å². The van der Waals surface area contributed by atoms with Crippen LogP contribution >= 0.6 is 12.2 Å². The molecule has 0 unspecified atom stereocenters. The molecular weight excluding hydrogens is 853 g/mol. The second kappa shape index (κ2) is 31.3. The van der Waals surface area contributed by atoms with Gasteiger partial charge in [-0.1, -0.05) is 199 Å². The summed E-state index contributed by atoms with van der Waals surface area (Å²) in [5.74, 6) is -0.190. The number of fused-ring (bicyclic) bond motifs is 2. The third kappa shape index (κ3) is 18.5. The molecule has 8 N–H and O–H groups in total. The van der Waals surface area contributed by atoms with Crippen LogP contribution in [0, 0.1) is 12.3 Å². The molecule has 0 spiro atoms. The fraction of sp³-hybridized carbons (Fsp3) is 0.262. The Morgan fingerprint density at radius 2 is 1.15 bits per heavy atom. The van der Waals surface area contributed by atoms with Gasteiger partial charge in [0.25, 0.3) is 0 Å². The number of Topliss-reactive ketones (excluding diaryl/α,β-unsaturated/α-hetero) is 1. The molecule has 7 rings (SSSR count). The number of carbonyl (C=O) groups excluding carboxylic acids is 1. The van der Waals surface area contributed by atoms with Crippen LogP contribution in [0.3, 0.4) is 0 Å². The van der Waals surface area contributed by atoms with E-state index in [-0.39, 0.29) is 11.5 Å². The number of aliphatic hydroxyl groups is 1. The van der Waals surface area contributed by atoms with Crippen molar-refractivity contribution in [3.8, 4) is 0 Å². The maximum atomic E-state index is 12.8. The van der Waals surface area contributed by atoms with Crippen LogP contribution in [0.5, 0.6) is 0 Å². The van der Waals surface area contributed by atoms with E-state index in [1.807, 2.05) is 67.6 Å². The lowest BCUT2D eigenvalue weighted by Gasteiger charge is -2.12. The first-order valence-electron chi connectivity index (χ1n) is 23.7. The molecule has 6 aromatic carbocycles. The van der Waals surface area contributed by atoms with Gasteiger partial charge in [0.05, 0.1) is 16.3 Å². The van der Waals surface area contributed by atoms with Crippen LogP contribution in [0.25, 0.3) is 27.1 Å². The number of hydrogen-bond donors (Lipinski definition) is 5. The van der Waals surface area contributed by atoms with Crippen molar-refractivity contribution in [1.29, 1.82) is 5.41 Å². The van der Waals surface area contributed by atoms with Crippen LogP contribution < -0.4 is 17.2 Å². The fourth-order valence-corrected chi connectivity index (χ4v) is 7.46. The largest absolute Gasteiger partial charge is 0.512 e. The molecule has 0 radical (unpaired) electrons. The van der Waals surface area contributed by atoms with Crippen molar-refractivity contribution in [3.05, 3.63) is 214 Å². The van der Waals surface area contributed by atoms with Gasteiger partial charge < -0.3 is 27.7 Å². The topological polar surface area (TPSA) is 139 Å². The molecule has 0 aliphatic heterocycles. The highest BCUT2D eigenvalue weighted by Gasteiger charge is 2.25. The predicted molar refractivity (Wildman–Crippen MR) is 302 cm³/mol. The standard InChI is InChI=1S/C38H36N2O2.2C8H10.C3H8.C2H5NS.C2H7N/c1-23(31-14-6-12-28-13-8-16-34(40)38(28)31)17-18-29-19-20-30(37(29)36(25(3)41)26(4)42)21-22-33(39)32-15-7-11-27-10-5-9-24(2)35(27)32;2*1-2-8-6-4-3-5-7-8;1-3-2;1-2(3)4;1-2-3/h5-18,21-22,39,41H,19-20,40H2,1-4H3;2*3-7H,2H2,1H3;3H2,1-2H3;1H3,(H2,3,4);2-3H2,1H3/b22-21?,23-17+,29-18+,36-25?,39-33?;;;;;. The van der Waals surface area contributed by atoms with Gasteiger partial charge in [-0.3, -0.25) is 4.79 Å². The molecule has 1 aliphatic rings. The molecule has 0 bridgehead atoms. The van der Waals surface area contributed by atoms with Gasteiger partial charge in [0.15, 0.2) is 5.78 Å². The Morgan fingerprint density at radius 1 is 0.691 bits per heavy atom. The Bertz CT molecular complexity index is 2650. The van der Waals surface area contributed by atoms with E-state index >= 15 is 0 Å². The smallest absolute Gasteiger partial charge is 0.163 e. The average Bonchev–Trinajstić information content (AvgIpc) is 3.72. The zero-order chi connectivity index (χ0) is 50.6. The lowest BCUT2D eigenvalue weighted by molar-refractivity contribution is -0.113. The molecule has 358 valence electrons. The van der Waals surface area contributed by atoms with Gasteiger partial charge >= 0.3 is 0 Å². The molecule has 6 aromatic rings. The van der Waals surface area contributed by atoms with Crippen LogP contribution in [0.2, 0.25) is 0 Å². The lowest BCUT2D eigenvalue weighted by atomic mass is 9.92. The maximum absolute atomic E-state index is 12.8. The first-order chi connectivity index (χ1) is 32.6. The van der Waals surface area contributed by atoms with E-state index in [0.29, 0.717) is 22.7 Å². The summed E-state index contributed by atoms with van der Waals surface area (Å²) in [7, 11) is 0. The zero-order valence-electron chi connectivity index (χ0n) is 42.2. The van der Waals surface area contributed by atoms with Crippen LogP contribution in [0.4, 0.5) is 5.69 Å². The minimum Gasteiger partial charge on any atom is -0.512 e. The number of hydrogen-bond acceptors (Lipinski definition) is 6. The lowest BCUT2D eigenvalue weighted by Crippen LogP contribution is -2.05. The highest BCUT2D eigenvalue weighted by molar-refractivity contribution is 7.80. The molecule has 0 fully saturated rings. The van der Waals surface area contributed by atoms with Crippen molar-refractivity contribution in [3.63, 3.8) is 0 Å². The van der Waals surface area contributed by atoms with Gasteiger partial charge in [-0.05, 0) is 140 Å². The second-order valence-electron chi connectivity index (χ2n) is 16.3. The number of thiocarbonyl (C=S) groups is 1. The summed E-state index contributed by atoms with van der Waals surface area (Å²) < 4.78 is 0. The Kier molecular flexibility index (Phi) is 26.5. The summed E-state index contributed by atoms with van der Waals surface area (Å²) in [6, 6.07) is 45.2. The minimum atomic E-state index is -0.189. The summed E-state index contributed by atoms with van der Waals surface area (Å²) in [5.41, 5.74) is 27.1. The molecule has 0 atom stereocenters. The molecule has 0 aromatic heterocycles. The van der Waals surface area contributed by atoms with E-state index in [9.17, 15) is 9.90 Å². The van der Waals surface area contributed by atoms with Gasteiger partial charge in [-0.15, -0.1) is 0 Å². The number of aryl methyl sites for hydroxylation is 3. The number of ketones is 1. The number of aliphatic hydroxyl groups excluding tert-OH is 1. The summed E-state index contributed by atoms with van der Waals surface area (Å²) in [4.78, 5) is 13.3. The quantitative estimate of drug-likeness (QED) is 0.0322. The zero-order valence-corrected chi connectivity index (χ0v) is 43.1. The SMILES string of the molecule is CC(=O)C(=C(C)O)C1=C(C=CC(=N)c2cccc3cccc(C)c23)CC/C1=C\C=C(/C)c1cccc2cccc(N)c12.CC(N)=S.CCC.CCN.CCc1ccccc1.CCc1ccccc1.